The first-order chi connectivity index (χ1) is 9.86. The molecule has 0 aliphatic heterocycles. The van der Waals surface area contributed by atoms with Crippen LogP contribution in [0.5, 0.6) is 0 Å². The van der Waals surface area contributed by atoms with E-state index in [2.05, 4.69) is 11.6 Å². The number of fused-ring (bicyclic) bond motifs is 1. The van der Waals surface area contributed by atoms with E-state index < -0.39 is 16.9 Å². The van der Waals surface area contributed by atoms with Gasteiger partial charge >= 0.3 is 5.97 Å². The first kappa shape index (κ1) is 14.7. The molecule has 0 spiro atoms. The Morgan fingerprint density at radius 1 is 1.62 bits per heavy atom. The molecule has 7 nitrogen and oxygen atoms in total. The number of nitrogens with two attached hydrogens (primary N) is 1. The number of carboxylic acid groups (broad SMARTS) is 1. The van der Waals surface area contributed by atoms with Crippen molar-refractivity contribution in [2.75, 3.05) is 0 Å². The maximum Gasteiger partial charge on any atom is 0.320 e. The molecular weight excluding hydrogens is 274 g/mol. The Morgan fingerprint density at radius 3 is 2.81 bits per heavy atom. The molecular formula is C14H15N3O4. The number of benzene rings is 1. The lowest BCUT2D eigenvalue weighted by molar-refractivity contribution is -0.383. The highest BCUT2D eigenvalue weighted by atomic mass is 16.6. The summed E-state index contributed by atoms with van der Waals surface area (Å²) >= 11 is 0. The highest BCUT2D eigenvalue weighted by Gasteiger charge is 2.25. The Kier molecular flexibility index (Phi) is 3.77. The number of nitro benzene ring substituents is 1. The highest BCUT2D eigenvalue weighted by Crippen LogP contribution is 2.35. The van der Waals surface area contributed by atoms with Gasteiger partial charge in [-0.15, -0.1) is 0 Å². The third-order valence-corrected chi connectivity index (χ3v) is 3.43. The van der Waals surface area contributed by atoms with Crippen molar-refractivity contribution >= 4 is 28.6 Å². The molecule has 7 heteroatoms. The Labute approximate surface area is 120 Å². The van der Waals surface area contributed by atoms with Gasteiger partial charge in [0, 0.05) is 12.1 Å². The van der Waals surface area contributed by atoms with Gasteiger partial charge in [0.25, 0.3) is 5.69 Å². The molecule has 0 aliphatic rings. The van der Waals surface area contributed by atoms with Crippen LogP contribution in [0.15, 0.2) is 18.7 Å². The smallest absolute Gasteiger partial charge is 0.320 e. The molecule has 21 heavy (non-hydrogen) atoms. The second kappa shape index (κ2) is 5.37. The van der Waals surface area contributed by atoms with E-state index in [-0.39, 0.29) is 12.1 Å². The third-order valence-electron chi connectivity index (χ3n) is 3.43. The van der Waals surface area contributed by atoms with Crippen molar-refractivity contribution in [3.05, 3.63) is 45.6 Å². The van der Waals surface area contributed by atoms with Crippen molar-refractivity contribution in [2.45, 2.75) is 19.4 Å². The summed E-state index contributed by atoms with van der Waals surface area (Å²) in [6, 6.07) is 2.20. The molecule has 0 saturated heterocycles. The summed E-state index contributed by atoms with van der Waals surface area (Å²) in [6.45, 7) is 5.31. The van der Waals surface area contributed by atoms with Crippen LogP contribution in [0.1, 0.15) is 16.8 Å². The van der Waals surface area contributed by atoms with Gasteiger partial charge in [-0.1, -0.05) is 12.7 Å². The van der Waals surface area contributed by atoms with E-state index in [1.807, 2.05) is 0 Å². The summed E-state index contributed by atoms with van der Waals surface area (Å²) in [6.07, 6.45) is 1.42. The predicted molar refractivity (Wildman–Crippen MR) is 79.1 cm³/mol. The van der Waals surface area contributed by atoms with Gasteiger partial charge in [-0.05, 0) is 24.6 Å². The number of aryl methyl sites for hydroxylation is 1. The van der Waals surface area contributed by atoms with E-state index in [0.29, 0.717) is 27.7 Å². The molecule has 2 rings (SSSR count). The van der Waals surface area contributed by atoms with Crippen molar-refractivity contribution in [3.8, 4) is 0 Å². The van der Waals surface area contributed by atoms with Crippen LogP contribution < -0.4 is 5.73 Å². The summed E-state index contributed by atoms with van der Waals surface area (Å²) in [5.41, 5.74) is 7.67. The molecule has 0 aliphatic carbocycles. The number of carboxylic acids is 1. The van der Waals surface area contributed by atoms with Crippen LogP contribution in [0.3, 0.4) is 0 Å². The lowest BCUT2D eigenvalue weighted by atomic mass is 9.99. The minimum absolute atomic E-state index is 0.0165. The molecule has 4 N–H and O–H groups in total. The van der Waals surface area contributed by atoms with Crippen LogP contribution in [0.4, 0.5) is 5.69 Å². The average Bonchev–Trinajstić information content (AvgIpc) is 2.73. The number of rotatable bonds is 5. The topological polar surface area (TPSA) is 122 Å². The largest absolute Gasteiger partial charge is 0.480 e. The molecule has 110 valence electrons. The molecule has 0 saturated carbocycles. The van der Waals surface area contributed by atoms with Crippen LogP contribution in [-0.4, -0.2) is 27.0 Å². The molecule has 0 fully saturated rings. The molecule has 0 bridgehead atoms. The Balaban J connectivity index is 2.75. The number of nitrogens with zero attached hydrogens (tertiary/aromatic N) is 1. The quantitative estimate of drug-likeness (QED) is 0.573. The molecule has 2 aromatic rings. The maximum atomic E-state index is 11.4. The number of aliphatic carboxylic acids is 1. The molecule has 1 aromatic carbocycles. The molecule has 0 radical (unpaired) electrons. The number of hydrogen-bond acceptors (Lipinski definition) is 4. The highest BCUT2D eigenvalue weighted by molar-refractivity contribution is 5.96. The SMILES string of the molecule is C=Cc1ccc2[nH]c(C)c(CC(N)C(=O)O)c2c1[N+](=O)[O-]. The molecule has 1 aromatic heterocycles. The van der Waals surface area contributed by atoms with Crippen LogP contribution in [0.25, 0.3) is 17.0 Å². The summed E-state index contributed by atoms with van der Waals surface area (Å²) < 4.78 is 0. The Morgan fingerprint density at radius 2 is 2.29 bits per heavy atom. The summed E-state index contributed by atoms with van der Waals surface area (Å²) in [5, 5.41) is 20.7. The van der Waals surface area contributed by atoms with Crippen molar-refractivity contribution in [1.82, 2.24) is 4.98 Å². The fraction of sp³-hybridized carbons (Fsp3) is 0.214. The van der Waals surface area contributed by atoms with Gasteiger partial charge in [-0.2, -0.15) is 0 Å². The zero-order chi connectivity index (χ0) is 15.7. The van der Waals surface area contributed by atoms with Crippen LogP contribution in [0, 0.1) is 17.0 Å². The number of carbonyl (C=O) groups is 1. The minimum Gasteiger partial charge on any atom is -0.480 e. The van der Waals surface area contributed by atoms with E-state index >= 15 is 0 Å². The monoisotopic (exact) mass is 289 g/mol. The third kappa shape index (κ3) is 2.50. The Bertz CT molecular complexity index is 748. The molecule has 1 heterocycles. The summed E-state index contributed by atoms with van der Waals surface area (Å²) in [4.78, 5) is 24.8. The summed E-state index contributed by atoms with van der Waals surface area (Å²) in [5.74, 6) is -1.15. The number of aromatic amines is 1. The zero-order valence-corrected chi connectivity index (χ0v) is 11.4. The number of hydrogen-bond donors (Lipinski definition) is 3. The van der Waals surface area contributed by atoms with Crippen molar-refractivity contribution < 1.29 is 14.8 Å². The standard InChI is InChI=1S/C14H15N3O4/c1-3-8-4-5-11-12(13(8)17(20)21)9(7(2)16-11)6-10(15)14(18)19/h3-5,10,16H,1,6,15H2,2H3,(H,18,19). The van der Waals surface area contributed by atoms with Gasteiger partial charge < -0.3 is 15.8 Å². The fourth-order valence-electron chi connectivity index (χ4n) is 2.41. The van der Waals surface area contributed by atoms with Crippen LogP contribution in [0.2, 0.25) is 0 Å². The second-order valence-corrected chi connectivity index (χ2v) is 4.76. The number of H-pyrrole nitrogens is 1. The van der Waals surface area contributed by atoms with E-state index in [1.54, 1.807) is 19.1 Å². The van der Waals surface area contributed by atoms with Crippen LogP contribution >= 0.6 is 0 Å². The van der Waals surface area contributed by atoms with E-state index in [0.717, 1.165) is 0 Å². The first-order valence-electron chi connectivity index (χ1n) is 6.26. The maximum absolute atomic E-state index is 11.4. The average molecular weight is 289 g/mol. The van der Waals surface area contributed by atoms with Gasteiger partial charge in [0.2, 0.25) is 0 Å². The van der Waals surface area contributed by atoms with Crippen molar-refractivity contribution in [3.63, 3.8) is 0 Å². The number of nitro groups is 1. The van der Waals surface area contributed by atoms with Crippen LogP contribution in [-0.2, 0) is 11.2 Å². The second-order valence-electron chi connectivity index (χ2n) is 4.76. The van der Waals surface area contributed by atoms with Gasteiger partial charge in [0.1, 0.15) is 6.04 Å². The number of nitrogens with one attached hydrogen (secondary N) is 1. The van der Waals surface area contributed by atoms with Gasteiger partial charge in [0.05, 0.1) is 21.4 Å². The van der Waals surface area contributed by atoms with E-state index in [9.17, 15) is 14.9 Å². The van der Waals surface area contributed by atoms with Gasteiger partial charge in [0.15, 0.2) is 0 Å². The van der Waals surface area contributed by atoms with Crippen molar-refractivity contribution in [1.29, 1.82) is 0 Å². The predicted octanol–water partition coefficient (Wildman–Crippen LogP) is 1.98. The van der Waals surface area contributed by atoms with E-state index in [4.69, 9.17) is 10.8 Å². The summed E-state index contributed by atoms with van der Waals surface area (Å²) in [7, 11) is 0. The zero-order valence-electron chi connectivity index (χ0n) is 11.4. The first-order valence-corrected chi connectivity index (χ1v) is 6.26. The lowest BCUT2D eigenvalue weighted by Crippen LogP contribution is -2.32. The normalized spacial score (nSPS) is 12.3. The molecule has 1 atom stereocenters. The Hall–Kier alpha value is -2.67. The molecule has 1 unspecified atom stereocenters. The molecule has 0 amide bonds. The van der Waals surface area contributed by atoms with Gasteiger partial charge in [-0.3, -0.25) is 14.9 Å². The lowest BCUT2D eigenvalue weighted by Gasteiger charge is -2.07. The van der Waals surface area contributed by atoms with Gasteiger partial charge in [-0.25, -0.2) is 0 Å². The van der Waals surface area contributed by atoms with Crippen molar-refractivity contribution in [2.24, 2.45) is 5.73 Å². The number of aromatic nitrogens is 1. The van der Waals surface area contributed by atoms with E-state index in [1.165, 1.54) is 6.08 Å². The fourth-order valence-corrected chi connectivity index (χ4v) is 2.41. The minimum atomic E-state index is -1.15.